The van der Waals surface area contributed by atoms with Crippen molar-refractivity contribution in [1.29, 1.82) is 0 Å². The maximum Gasteiger partial charge on any atom is 0.323 e. The smallest absolute Gasteiger partial charge is 0.323 e. The molecule has 0 bridgehead atoms. The summed E-state index contributed by atoms with van der Waals surface area (Å²) in [6.07, 6.45) is 4.39. The number of hydrogen-bond donors (Lipinski definition) is 4. The Hall–Kier alpha value is -4.70. The van der Waals surface area contributed by atoms with Crippen molar-refractivity contribution in [2.75, 3.05) is 22.5 Å². The molecule has 1 aliphatic heterocycles. The zero-order valence-corrected chi connectivity index (χ0v) is 23.0. The lowest BCUT2D eigenvalue weighted by Gasteiger charge is -2.19. The van der Waals surface area contributed by atoms with Gasteiger partial charge in [-0.15, -0.1) is 0 Å². The Morgan fingerprint density at radius 3 is 2.50 bits per heavy atom. The van der Waals surface area contributed by atoms with E-state index in [-0.39, 0.29) is 17.5 Å². The topological polar surface area (TPSA) is 122 Å². The number of benzene rings is 2. The minimum Gasteiger partial charge on any atom is -0.457 e. The van der Waals surface area contributed by atoms with Crippen LogP contribution in [0.2, 0.25) is 0 Å². The quantitative estimate of drug-likeness (QED) is 0.248. The molecule has 0 unspecified atom stereocenters. The van der Waals surface area contributed by atoms with Crippen molar-refractivity contribution in [3.63, 3.8) is 0 Å². The maximum absolute atomic E-state index is 13.0. The Balaban J connectivity index is 1.29. The molecular weight excluding hydrogens is 506 g/mol. The summed E-state index contributed by atoms with van der Waals surface area (Å²) in [6.45, 7) is 9.45. The van der Waals surface area contributed by atoms with Gasteiger partial charge in [-0.1, -0.05) is 12.1 Å². The summed E-state index contributed by atoms with van der Waals surface area (Å²) in [5.41, 5.74) is 5.28. The van der Waals surface area contributed by atoms with Gasteiger partial charge in [0.1, 0.15) is 23.0 Å². The van der Waals surface area contributed by atoms with Crippen LogP contribution in [0.3, 0.4) is 0 Å². The Bertz CT molecular complexity index is 1540. The molecule has 3 amide bonds. The van der Waals surface area contributed by atoms with Crippen LogP contribution in [0.1, 0.15) is 38.8 Å². The van der Waals surface area contributed by atoms with Crippen LogP contribution in [0.5, 0.6) is 11.5 Å². The molecule has 1 aliphatic rings. The largest absolute Gasteiger partial charge is 0.457 e. The number of nitrogens with one attached hydrogen (secondary N) is 4. The molecule has 2 aromatic heterocycles. The summed E-state index contributed by atoms with van der Waals surface area (Å²) in [5.74, 6) is 1.29. The molecule has 10 nitrogen and oxygen atoms in total. The molecule has 4 aromatic rings. The summed E-state index contributed by atoms with van der Waals surface area (Å²) in [7, 11) is 0. The van der Waals surface area contributed by atoms with Crippen LogP contribution in [0.4, 0.5) is 22.0 Å². The molecule has 0 saturated heterocycles. The first-order valence-corrected chi connectivity index (χ1v) is 13.2. The molecule has 40 heavy (non-hydrogen) atoms. The van der Waals surface area contributed by atoms with Gasteiger partial charge in [-0.25, -0.2) is 9.78 Å². The van der Waals surface area contributed by atoms with E-state index in [1.807, 2.05) is 10.9 Å². The number of hydrogen-bond acceptors (Lipinski definition) is 6. The number of aromatic nitrogens is 3. The van der Waals surface area contributed by atoms with Crippen LogP contribution < -0.4 is 26.0 Å². The molecule has 0 radical (unpaired) electrons. The Morgan fingerprint density at radius 1 is 0.950 bits per heavy atom. The molecular formula is C30H33N7O3. The third-order valence-electron chi connectivity index (χ3n) is 6.40. The second kappa shape index (κ2) is 11.2. The van der Waals surface area contributed by atoms with E-state index in [1.54, 1.807) is 42.6 Å². The normalized spacial score (nSPS) is 12.8. The Labute approximate surface area is 233 Å². The fraction of sp³-hybridized carbons (Fsp3) is 0.267. The van der Waals surface area contributed by atoms with Gasteiger partial charge in [0, 0.05) is 43.2 Å². The van der Waals surface area contributed by atoms with Crippen molar-refractivity contribution in [3.05, 3.63) is 78.1 Å². The Morgan fingerprint density at radius 2 is 1.75 bits per heavy atom. The van der Waals surface area contributed by atoms with E-state index >= 15 is 0 Å². The summed E-state index contributed by atoms with van der Waals surface area (Å²) >= 11 is 0. The first-order chi connectivity index (χ1) is 19.1. The van der Waals surface area contributed by atoms with Crippen LogP contribution >= 0.6 is 0 Å². The first kappa shape index (κ1) is 26.9. The number of nitrogens with zero attached hydrogens (tertiary/aromatic N) is 3. The monoisotopic (exact) mass is 539 g/mol. The summed E-state index contributed by atoms with van der Waals surface area (Å²) < 4.78 is 7.74. The van der Waals surface area contributed by atoms with Gasteiger partial charge < -0.3 is 26.0 Å². The molecule has 2 aromatic carbocycles. The van der Waals surface area contributed by atoms with E-state index in [9.17, 15) is 9.59 Å². The standard InChI is InChI=1S/C30H33N7O3/c1-19(38)33-27-16-25(12-14-32-27)40-24-9-7-23(8-10-24)34-29(39)35-26-18-37(30(2,3)4)36-28(26)21-5-6-22-17-31-13-11-20(22)15-21/h5-10,12,14-16,18,31H,11,13,17H2,1-4H3,(H,32,33,38)(H2,34,35,39). The summed E-state index contributed by atoms with van der Waals surface area (Å²) in [6, 6.07) is 16.3. The summed E-state index contributed by atoms with van der Waals surface area (Å²) in [5, 5.41) is 16.7. The lowest BCUT2D eigenvalue weighted by molar-refractivity contribution is -0.114. The predicted molar refractivity (Wildman–Crippen MR) is 156 cm³/mol. The third-order valence-corrected chi connectivity index (χ3v) is 6.40. The second-order valence-corrected chi connectivity index (χ2v) is 10.7. The third kappa shape index (κ3) is 6.47. The van der Waals surface area contributed by atoms with Crippen molar-refractivity contribution in [1.82, 2.24) is 20.1 Å². The van der Waals surface area contributed by atoms with Gasteiger partial charge in [0.05, 0.1) is 11.2 Å². The molecule has 0 spiro atoms. The number of urea groups is 1. The molecule has 0 aliphatic carbocycles. The molecule has 206 valence electrons. The highest BCUT2D eigenvalue weighted by Gasteiger charge is 2.21. The van der Waals surface area contributed by atoms with Gasteiger partial charge in [0.2, 0.25) is 5.91 Å². The van der Waals surface area contributed by atoms with E-state index in [0.717, 1.165) is 30.8 Å². The fourth-order valence-electron chi connectivity index (χ4n) is 4.40. The van der Waals surface area contributed by atoms with Crippen LogP contribution in [0.25, 0.3) is 11.3 Å². The van der Waals surface area contributed by atoms with Crippen LogP contribution in [-0.2, 0) is 23.3 Å². The fourth-order valence-corrected chi connectivity index (χ4v) is 4.40. The number of pyridine rings is 1. The number of anilines is 3. The predicted octanol–water partition coefficient (Wildman–Crippen LogP) is 5.74. The first-order valence-electron chi connectivity index (χ1n) is 13.2. The Kier molecular flexibility index (Phi) is 7.52. The lowest BCUT2D eigenvalue weighted by atomic mass is 9.97. The van der Waals surface area contributed by atoms with Gasteiger partial charge in [-0.3, -0.25) is 9.48 Å². The number of fused-ring (bicyclic) bond motifs is 1. The highest BCUT2D eigenvalue weighted by Crippen LogP contribution is 2.32. The minimum absolute atomic E-state index is 0.212. The van der Waals surface area contributed by atoms with E-state index in [4.69, 9.17) is 9.84 Å². The van der Waals surface area contributed by atoms with Crippen molar-refractivity contribution in [3.8, 4) is 22.8 Å². The van der Waals surface area contributed by atoms with Crippen molar-refractivity contribution >= 4 is 29.1 Å². The lowest BCUT2D eigenvalue weighted by Crippen LogP contribution is -2.23. The minimum atomic E-state index is -0.375. The summed E-state index contributed by atoms with van der Waals surface area (Å²) in [4.78, 5) is 28.4. The number of rotatable bonds is 6. The molecule has 0 fully saturated rings. The van der Waals surface area contributed by atoms with Crippen LogP contribution in [0, 0.1) is 0 Å². The maximum atomic E-state index is 13.0. The van der Waals surface area contributed by atoms with Gasteiger partial charge >= 0.3 is 6.03 Å². The highest BCUT2D eigenvalue weighted by molar-refractivity contribution is 6.01. The zero-order chi connectivity index (χ0) is 28.3. The van der Waals surface area contributed by atoms with E-state index in [0.29, 0.717) is 28.7 Å². The number of carbonyl (C=O) groups excluding carboxylic acids is 2. The number of ether oxygens (including phenoxy) is 1. The average molecular weight is 540 g/mol. The van der Waals surface area contributed by atoms with Crippen molar-refractivity contribution in [2.24, 2.45) is 0 Å². The average Bonchev–Trinajstić information content (AvgIpc) is 3.34. The van der Waals surface area contributed by atoms with Crippen LogP contribution in [-0.4, -0.2) is 33.2 Å². The number of carbonyl (C=O) groups is 2. The van der Waals surface area contributed by atoms with E-state index in [1.165, 1.54) is 18.1 Å². The van der Waals surface area contributed by atoms with Crippen molar-refractivity contribution in [2.45, 2.75) is 46.2 Å². The zero-order valence-electron chi connectivity index (χ0n) is 23.0. The molecule has 0 atom stereocenters. The van der Waals surface area contributed by atoms with E-state index < -0.39 is 0 Å². The van der Waals surface area contributed by atoms with Crippen molar-refractivity contribution < 1.29 is 14.3 Å². The van der Waals surface area contributed by atoms with E-state index in [2.05, 4.69) is 65.2 Å². The number of amides is 3. The van der Waals surface area contributed by atoms with Gasteiger partial charge in [-0.05, 0) is 81.3 Å². The highest BCUT2D eigenvalue weighted by atomic mass is 16.5. The molecule has 3 heterocycles. The molecule has 0 saturated carbocycles. The molecule has 5 rings (SSSR count). The second-order valence-electron chi connectivity index (χ2n) is 10.7. The van der Waals surface area contributed by atoms with Gasteiger partial charge in [0.15, 0.2) is 0 Å². The van der Waals surface area contributed by atoms with Crippen LogP contribution in [0.15, 0.2) is 67.0 Å². The van der Waals surface area contributed by atoms with Gasteiger partial charge in [-0.2, -0.15) is 5.10 Å². The molecule has 10 heteroatoms. The molecule has 4 N–H and O–H groups in total. The SMILES string of the molecule is CC(=O)Nc1cc(Oc2ccc(NC(=O)Nc3cn(C(C)(C)C)nc3-c3ccc4c(c3)CCNC4)cc2)ccn1. The van der Waals surface area contributed by atoms with Gasteiger partial charge in [0.25, 0.3) is 0 Å².